The molecule has 2 heterocycles. The highest BCUT2D eigenvalue weighted by Crippen LogP contribution is 2.27. The third-order valence-corrected chi connectivity index (χ3v) is 8.25. The van der Waals surface area contributed by atoms with Crippen molar-refractivity contribution in [3.8, 4) is 0 Å². The maximum Gasteiger partial charge on any atom is 0.321 e. The van der Waals surface area contributed by atoms with Crippen LogP contribution in [0.15, 0.2) is 18.2 Å². The zero-order chi connectivity index (χ0) is 19.0. The number of nitrogens with one attached hydrogen (secondary N) is 1. The second-order valence-electron chi connectivity index (χ2n) is 7.56. The average molecular weight is 391 g/mol. The smallest absolute Gasteiger partial charge is 0.321 e. The molecular formula is C19H25N3O4S. The van der Waals surface area contributed by atoms with Gasteiger partial charge in [-0.1, -0.05) is 0 Å². The number of hydrogen-bond donors (Lipinski definition) is 1. The first-order valence-corrected chi connectivity index (χ1v) is 11.2. The zero-order valence-electron chi connectivity index (χ0n) is 15.3. The van der Waals surface area contributed by atoms with Crippen molar-refractivity contribution in [2.24, 2.45) is 0 Å². The van der Waals surface area contributed by atoms with Crippen LogP contribution in [0.1, 0.15) is 48.0 Å². The van der Waals surface area contributed by atoms with Gasteiger partial charge in [-0.15, -0.1) is 0 Å². The Morgan fingerprint density at radius 2 is 1.74 bits per heavy atom. The van der Waals surface area contributed by atoms with Crippen LogP contribution >= 0.6 is 0 Å². The van der Waals surface area contributed by atoms with E-state index in [2.05, 4.69) is 5.32 Å². The molecule has 0 radical (unpaired) electrons. The molecule has 0 atom stereocenters. The SMILES string of the molecule is O=C1CCc2cc(NC(=O)N3CCC(S(=O)(=O)N4CCCC4)CC3)ccc21. The van der Waals surface area contributed by atoms with E-state index in [4.69, 9.17) is 0 Å². The molecule has 2 fully saturated rings. The van der Waals surface area contributed by atoms with E-state index in [-0.39, 0.29) is 17.1 Å². The number of amides is 2. The summed E-state index contributed by atoms with van der Waals surface area (Å²) in [6.45, 7) is 2.13. The van der Waals surface area contributed by atoms with Crippen LogP contribution in [0.5, 0.6) is 0 Å². The van der Waals surface area contributed by atoms with Crippen LogP contribution in [-0.4, -0.2) is 60.9 Å². The maximum absolute atomic E-state index is 12.7. The van der Waals surface area contributed by atoms with E-state index in [0.29, 0.717) is 51.1 Å². The number of anilines is 1. The Balaban J connectivity index is 1.34. The van der Waals surface area contributed by atoms with Crippen LogP contribution < -0.4 is 5.32 Å². The predicted octanol–water partition coefficient (Wildman–Crippen LogP) is 2.24. The van der Waals surface area contributed by atoms with E-state index < -0.39 is 10.0 Å². The van der Waals surface area contributed by atoms with Crippen molar-refractivity contribution in [3.63, 3.8) is 0 Å². The summed E-state index contributed by atoms with van der Waals surface area (Å²) in [7, 11) is -3.24. The van der Waals surface area contributed by atoms with E-state index in [1.807, 2.05) is 6.07 Å². The molecule has 1 aromatic rings. The van der Waals surface area contributed by atoms with Crippen LogP contribution in [0, 0.1) is 0 Å². The molecule has 3 aliphatic rings. The Labute approximate surface area is 159 Å². The lowest BCUT2D eigenvalue weighted by molar-refractivity contribution is 0.0994. The molecule has 1 N–H and O–H groups in total. The van der Waals surface area contributed by atoms with Gasteiger partial charge in [-0.3, -0.25) is 4.79 Å². The van der Waals surface area contributed by atoms with Gasteiger partial charge in [0.25, 0.3) is 0 Å². The van der Waals surface area contributed by atoms with Crippen molar-refractivity contribution in [3.05, 3.63) is 29.3 Å². The minimum atomic E-state index is -3.24. The molecule has 2 amide bonds. The lowest BCUT2D eigenvalue weighted by Gasteiger charge is -2.33. The molecule has 0 unspecified atom stereocenters. The zero-order valence-corrected chi connectivity index (χ0v) is 16.1. The predicted molar refractivity (Wildman–Crippen MR) is 102 cm³/mol. The molecule has 1 aliphatic carbocycles. The molecule has 0 spiro atoms. The van der Waals surface area contributed by atoms with Gasteiger partial charge in [0.15, 0.2) is 5.78 Å². The van der Waals surface area contributed by atoms with Crippen molar-refractivity contribution in [1.82, 2.24) is 9.21 Å². The molecule has 0 aromatic heterocycles. The van der Waals surface area contributed by atoms with Crippen molar-refractivity contribution in [2.45, 2.75) is 43.8 Å². The highest BCUT2D eigenvalue weighted by atomic mass is 32.2. The van der Waals surface area contributed by atoms with Gasteiger partial charge < -0.3 is 10.2 Å². The number of sulfonamides is 1. The first-order chi connectivity index (χ1) is 12.9. The number of hydrogen-bond acceptors (Lipinski definition) is 4. The number of rotatable bonds is 3. The Kier molecular flexibility index (Phi) is 4.94. The number of carbonyl (C=O) groups excluding carboxylic acids is 2. The number of urea groups is 1. The van der Waals surface area contributed by atoms with Gasteiger partial charge in [0, 0.05) is 43.9 Å². The van der Waals surface area contributed by atoms with E-state index in [1.54, 1.807) is 21.3 Å². The minimum absolute atomic E-state index is 0.157. The molecule has 4 rings (SSSR count). The monoisotopic (exact) mass is 391 g/mol. The van der Waals surface area contributed by atoms with Crippen LogP contribution in [0.4, 0.5) is 10.5 Å². The van der Waals surface area contributed by atoms with Crippen molar-refractivity contribution >= 4 is 27.5 Å². The van der Waals surface area contributed by atoms with Gasteiger partial charge in [0.2, 0.25) is 10.0 Å². The van der Waals surface area contributed by atoms with Crippen LogP contribution in [0.2, 0.25) is 0 Å². The topological polar surface area (TPSA) is 86.8 Å². The number of carbonyl (C=O) groups is 2. The molecule has 8 heteroatoms. The summed E-state index contributed by atoms with van der Waals surface area (Å²) in [4.78, 5) is 25.9. The highest BCUT2D eigenvalue weighted by molar-refractivity contribution is 7.89. The number of fused-ring (bicyclic) bond motifs is 1. The lowest BCUT2D eigenvalue weighted by atomic mass is 10.1. The Morgan fingerprint density at radius 3 is 2.44 bits per heavy atom. The van der Waals surface area contributed by atoms with Crippen LogP contribution in [0.25, 0.3) is 0 Å². The largest absolute Gasteiger partial charge is 0.324 e. The number of ketones is 1. The lowest BCUT2D eigenvalue weighted by Crippen LogP contribution is -2.47. The van der Waals surface area contributed by atoms with Crippen molar-refractivity contribution in [1.29, 1.82) is 0 Å². The number of likely N-dealkylation sites (tertiary alicyclic amines) is 1. The Hall–Kier alpha value is -1.93. The van der Waals surface area contributed by atoms with Crippen LogP contribution in [0.3, 0.4) is 0 Å². The maximum atomic E-state index is 12.7. The molecule has 7 nitrogen and oxygen atoms in total. The fraction of sp³-hybridized carbons (Fsp3) is 0.579. The molecule has 0 saturated carbocycles. The summed E-state index contributed by atoms with van der Waals surface area (Å²) < 4.78 is 26.9. The van der Waals surface area contributed by atoms with Crippen LogP contribution in [-0.2, 0) is 16.4 Å². The van der Waals surface area contributed by atoms with Gasteiger partial charge in [0.05, 0.1) is 5.25 Å². The second kappa shape index (κ2) is 7.24. The first kappa shape index (κ1) is 18.4. The van der Waals surface area contributed by atoms with E-state index in [1.165, 1.54) is 0 Å². The highest BCUT2D eigenvalue weighted by Gasteiger charge is 2.36. The summed E-state index contributed by atoms with van der Waals surface area (Å²) in [5.74, 6) is 0.157. The quantitative estimate of drug-likeness (QED) is 0.856. The van der Waals surface area contributed by atoms with Gasteiger partial charge in [-0.25, -0.2) is 17.5 Å². The van der Waals surface area contributed by atoms with E-state index >= 15 is 0 Å². The summed E-state index contributed by atoms with van der Waals surface area (Å²) in [6.07, 6.45) is 4.08. The van der Waals surface area contributed by atoms with Crippen molar-refractivity contribution < 1.29 is 18.0 Å². The number of aryl methyl sites for hydroxylation is 1. The summed E-state index contributed by atoms with van der Waals surface area (Å²) in [5.41, 5.74) is 2.41. The fourth-order valence-electron chi connectivity index (χ4n) is 4.25. The molecule has 2 saturated heterocycles. The molecule has 0 bridgehead atoms. The van der Waals surface area contributed by atoms with Gasteiger partial charge in [-0.2, -0.15) is 0 Å². The summed E-state index contributed by atoms with van der Waals surface area (Å²) in [5, 5.41) is 2.50. The second-order valence-corrected chi connectivity index (χ2v) is 9.78. The third kappa shape index (κ3) is 3.60. The van der Waals surface area contributed by atoms with Crippen molar-refractivity contribution in [2.75, 3.05) is 31.5 Å². The van der Waals surface area contributed by atoms with Gasteiger partial charge in [0.1, 0.15) is 0 Å². The molecule has 27 heavy (non-hydrogen) atoms. The molecule has 2 aliphatic heterocycles. The normalized spacial score (nSPS) is 21.5. The molecular weight excluding hydrogens is 366 g/mol. The number of piperidine rings is 1. The first-order valence-electron chi connectivity index (χ1n) is 9.66. The summed E-state index contributed by atoms with van der Waals surface area (Å²) in [6, 6.07) is 5.18. The average Bonchev–Trinajstić information content (AvgIpc) is 3.33. The standard InChI is InChI=1S/C19H25N3O4S/c23-18-6-3-14-13-15(4-5-17(14)18)20-19(24)21-11-7-16(8-12-21)27(25,26)22-9-1-2-10-22/h4-5,13,16H,1-3,6-12H2,(H,20,24). The minimum Gasteiger partial charge on any atom is -0.324 e. The van der Waals surface area contributed by atoms with Gasteiger partial charge >= 0.3 is 6.03 Å². The van der Waals surface area contributed by atoms with E-state index in [0.717, 1.165) is 30.4 Å². The van der Waals surface area contributed by atoms with E-state index in [9.17, 15) is 18.0 Å². The Bertz CT molecular complexity index is 854. The number of nitrogens with zero attached hydrogens (tertiary/aromatic N) is 2. The Morgan fingerprint density at radius 1 is 1.04 bits per heavy atom. The number of Topliss-reactive ketones (excluding diaryl/α,β-unsaturated/α-hetero) is 1. The fourth-order valence-corrected chi connectivity index (χ4v) is 6.24. The van der Waals surface area contributed by atoms with Gasteiger partial charge in [-0.05, 0) is 55.9 Å². The molecule has 1 aromatic carbocycles. The molecule has 146 valence electrons. The number of benzene rings is 1. The summed E-state index contributed by atoms with van der Waals surface area (Å²) >= 11 is 0. The third-order valence-electron chi connectivity index (χ3n) is 5.85.